The van der Waals surface area contributed by atoms with Gasteiger partial charge in [-0.1, -0.05) is 35.0 Å². The van der Waals surface area contributed by atoms with Gasteiger partial charge in [0.2, 0.25) is 0 Å². The van der Waals surface area contributed by atoms with Crippen molar-refractivity contribution in [1.82, 2.24) is 5.32 Å². The summed E-state index contributed by atoms with van der Waals surface area (Å²) in [4.78, 5) is 11.7. The molecule has 0 aliphatic heterocycles. The van der Waals surface area contributed by atoms with Crippen molar-refractivity contribution in [2.75, 3.05) is 6.54 Å². The first kappa shape index (κ1) is 14.2. The van der Waals surface area contributed by atoms with Gasteiger partial charge in [0.05, 0.1) is 6.10 Å². The second-order valence-electron chi connectivity index (χ2n) is 3.94. The van der Waals surface area contributed by atoms with Crippen molar-refractivity contribution in [3.63, 3.8) is 0 Å². The zero-order valence-corrected chi connectivity index (χ0v) is 11.5. The van der Waals surface area contributed by atoms with Gasteiger partial charge in [0.1, 0.15) is 0 Å². The Labute approximate surface area is 110 Å². The van der Waals surface area contributed by atoms with E-state index in [1.807, 2.05) is 31.2 Å². The summed E-state index contributed by atoms with van der Waals surface area (Å²) in [6.45, 7) is 2.43. The van der Waals surface area contributed by atoms with Gasteiger partial charge in [-0.2, -0.15) is 0 Å². The van der Waals surface area contributed by atoms with Crippen LogP contribution in [0.3, 0.4) is 0 Å². The fourth-order valence-electron chi connectivity index (χ4n) is 1.40. The third kappa shape index (κ3) is 4.88. The number of aliphatic hydroxyl groups excluding tert-OH is 1. The number of carbonyl (C=O) groups excluding carboxylic acids is 1. The molecule has 0 aromatic heterocycles. The van der Waals surface area contributed by atoms with Crippen molar-refractivity contribution in [1.29, 1.82) is 0 Å². The van der Waals surface area contributed by atoms with Gasteiger partial charge < -0.3 is 10.4 Å². The van der Waals surface area contributed by atoms with E-state index in [1.54, 1.807) is 0 Å². The lowest BCUT2D eigenvalue weighted by Gasteiger charge is -2.09. The number of hydrogen-bond donors (Lipinski definition) is 2. The lowest BCUT2D eigenvalue weighted by atomic mass is 10.1. The highest BCUT2D eigenvalue weighted by atomic mass is 79.9. The van der Waals surface area contributed by atoms with E-state index in [9.17, 15) is 9.90 Å². The number of halogens is 1. The smallest absolute Gasteiger partial charge is 0.251 e. The number of carbonyl (C=O) groups is 1. The summed E-state index contributed by atoms with van der Waals surface area (Å²) in [6, 6.07) is 7.46. The van der Waals surface area contributed by atoms with Gasteiger partial charge in [-0.25, -0.2) is 0 Å². The second-order valence-corrected chi connectivity index (χ2v) is 4.50. The average Bonchev–Trinajstić information content (AvgIpc) is 2.38. The summed E-state index contributed by atoms with van der Waals surface area (Å²) in [5, 5.41) is 12.9. The van der Waals surface area contributed by atoms with Crippen LogP contribution in [-0.2, 0) is 5.33 Å². The number of aliphatic hydroxyl groups is 1. The minimum absolute atomic E-state index is 0.0885. The van der Waals surface area contributed by atoms with Crippen molar-refractivity contribution in [3.05, 3.63) is 35.4 Å². The lowest BCUT2D eigenvalue weighted by Crippen LogP contribution is -2.26. The van der Waals surface area contributed by atoms with Crippen molar-refractivity contribution in [2.24, 2.45) is 0 Å². The Morgan fingerprint density at radius 2 is 2.06 bits per heavy atom. The first-order valence-corrected chi connectivity index (χ1v) is 6.90. The Morgan fingerprint density at radius 3 is 2.59 bits per heavy atom. The molecule has 0 spiro atoms. The van der Waals surface area contributed by atoms with Crippen LogP contribution < -0.4 is 5.32 Å². The Hall–Kier alpha value is -0.870. The molecule has 0 fully saturated rings. The van der Waals surface area contributed by atoms with Crippen LogP contribution in [0.4, 0.5) is 0 Å². The third-order valence-electron chi connectivity index (χ3n) is 2.60. The van der Waals surface area contributed by atoms with E-state index >= 15 is 0 Å². The SMILES string of the molecule is CCC(O)CCNC(=O)c1ccc(CBr)cc1. The highest BCUT2D eigenvalue weighted by molar-refractivity contribution is 9.08. The monoisotopic (exact) mass is 299 g/mol. The summed E-state index contributed by atoms with van der Waals surface area (Å²) in [6.07, 6.45) is 0.989. The predicted octanol–water partition coefficient (Wildman–Crippen LogP) is 2.47. The van der Waals surface area contributed by atoms with E-state index in [0.717, 1.165) is 17.3 Å². The van der Waals surface area contributed by atoms with Gasteiger partial charge in [-0.05, 0) is 30.5 Å². The number of nitrogens with one attached hydrogen (secondary N) is 1. The number of rotatable bonds is 6. The van der Waals surface area contributed by atoms with Crippen LogP contribution in [0.15, 0.2) is 24.3 Å². The first-order chi connectivity index (χ1) is 8.17. The zero-order chi connectivity index (χ0) is 12.7. The Kier molecular flexibility index (Phi) is 6.22. The first-order valence-electron chi connectivity index (χ1n) is 5.78. The van der Waals surface area contributed by atoms with Crippen LogP contribution >= 0.6 is 15.9 Å². The van der Waals surface area contributed by atoms with Crippen LogP contribution in [0.2, 0.25) is 0 Å². The largest absolute Gasteiger partial charge is 0.393 e. The molecule has 17 heavy (non-hydrogen) atoms. The van der Waals surface area contributed by atoms with Gasteiger partial charge in [0.25, 0.3) is 5.91 Å². The summed E-state index contributed by atoms with van der Waals surface area (Å²) in [5.74, 6) is -0.0885. The molecular formula is C13H18BrNO2. The van der Waals surface area contributed by atoms with Gasteiger partial charge in [-0.15, -0.1) is 0 Å². The fourth-order valence-corrected chi connectivity index (χ4v) is 1.78. The summed E-state index contributed by atoms with van der Waals surface area (Å²) in [5.41, 5.74) is 1.80. The molecule has 0 aliphatic carbocycles. The topological polar surface area (TPSA) is 49.3 Å². The molecule has 1 aromatic carbocycles. The molecule has 0 radical (unpaired) electrons. The predicted molar refractivity (Wildman–Crippen MR) is 72.3 cm³/mol. The standard InChI is InChI=1S/C13H18BrNO2/c1-2-12(16)7-8-15-13(17)11-5-3-10(9-14)4-6-11/h3-6,12,16H,2,7-9H2,1H3,(H,15,17). The van der Waals surface area contributed by atoms with Crippen molar-refractivity contribution in [2.45, 2.75) is 31.2 Å². The van der Waals surface area contributed by atoms with Crippen LogP contribution in [0.25, 0.3) is 0 Å². The van der Waals surface area contributed by atoms with Gasteiger partial charge in [0.15, 0.2) is 0 Å². The molecule has 1 atom stereocenters. The zero-order valence-electron chi connectivity index (χ0n) is 9.95. The van der Waals surface area contributed by atoms with Crippen LogP contribution in [0.5, 0.6) is 0 Å². The van der Waals surface area contributed by atoms with Crippen LogP contribution in [0, 0.1) is 0 Å². The molecule has 0 aliphatic rings. The Bertz CT molecular complexity index is 351. The highest BCUT2D eigenvalue weighted by Gasteiger charge is 2.06. The minimum Gasteiger partial charge on any atom is -0.393 e. The van der Waals surface area contributed by atoms with E-state index in [-0.39, 0.29) is 12.0 Å². The maximum atomic E-state index is 11.7. The van der Waals surface area contributed by atoms with Gasteiger partial charge in [-0.3, -0.25) is 4.79 Å². The van der Waals surface area contributed by atoms with E-state index in [2.05, 4.69) is 21.2 Å². The Morgan fingerprint density at radius 1 is 1.41 bits per heavy atom. The molecule has 0 heterocycles. The maximum absolute atomic E-state index is 11.7. The van der Waals surface area contributed by atoms with Crippen molar-refractivity contribution >= 4 is 21.8 Å². The molecule has 94 valence electrons. The molecule has 1 unspecified atom stereocenters. The summed E-state index contributed by atoms with van der Waals surface area (Å²) < 4.78 is 0. The molecular weight excluding hydrogens is 282 g/mol. The highest BCUT2D eigenvalue weighted by Crippen LogP contribution is 2.07. The molecule has 0 saturated heterocycles. The van der Waals surface area contributed by atoms with E-state index in [0.29, 0.717) is 18.5 Å². The lowest BCUT2D eigenvalue weighted by molar-refractivity contribution is 0.0942. The quantitative estimate of drug-likeness (QED) is 0.793. The molecule has 1 amide bonds. The molecule has 1 aromatic rings. The average molecular weight is 300 g/mol. The Balaban J connectivity index is 2.41. The van der Waals surface area contributed by atoms with E-state index < -0.39 is 0 Å². The molecule has 0 saturated carbocycles. The number of hydrogen-bond acceptors (Lipinski definition) is 2. The van der Waals surface area contributed by atoms with Crippen molar-refractivity contribution in [3.8, 4) is 0 Å². The molecule has 0 bridgehead atoms. The van der Waals surface area contributed by atoms with E-state index in [1.165, 1.54) is 0 Å². The van der Waals surface area contributed by atoms with Gasteiger partial charge >= 0.3 is 0 Å². The van der Waals surface area contributed by atoms with E-state index in [4.69, 9.17) is 0 Å². The normalized spacial score (nSPS) is 12.2. The minimum atomic E-state index is -0.328. The molecule has 3 nitrogen and oxygen atoms in total. The van der Waals surface area contributed by atoms with Crippen LogP contribution in [-0.4, -0.2) is 23.7 Å². The van der Waals surface area contributed by atoms with Gasteiger partial charge in [0, 0.05) is 17.4 Å². The van der Waals surface area contributed by atoms with Crippen LogP contribution in [0.1, 0.15) is 35.7 Å². The summed E-state index contributed by atoms with van der Waals surface area (Å²) >= 11 is 3.36. The number of benzene rings is 1. The third-order valence-corrected chi connectivity index (χ3v) is 3.25. The second kappa shape index (κ2) is 7.45. The molecule has 1 rings (SSSR count). The maximum Gasteiger partial charge on any atom is 0.251 e. The molecule has 4 heteroatoms. The number of amides is 1. The molecule has 2 N–H and O–H groups in total. The van der Waals surface area contributed by atoms with Crippen molar-refractivity contribution < 1.29 is 9.90 Å². The summed E-state index contributed by atoms with van der Waals surface area (Å²) in [7, 11) is 0. The number of alkyl halides is 1. The fraction of sp³-hybridized carbons (Fsp3) is 0.462.